The van der Waals surface area contributed by atoms with Crippen molar-refractivity contribution in [3.8, 4) is 11.4 Å². The Labute approximate surface area is 165 Å². The van der Waals surface area contributed by atoms with Gasteiger partial charge in [-0.2, -0.15) is 0 Å². The summed E-state index contributed by atoms with van der Waals surface area (Å²) in [6, 6.07) is 5.99. The van der Waals surface area contributed by atoms with Gasteiger partial charge in [-0.3, -0.25) is 9.36 Å². The van der Waals surface area contributed by atoms with Crippen molar-refractivity contribution in [1.82, 2.24) is 14.8 Å². The van der Waals surface area contributed by atoms with Crippen molar-refractivity contribution < 1.29 is 13.6 Å². The van der Waals surface area contributed by atoms with Gasteiger partial charge in [0.05, 0.1) is 22.6 Å². The predicted octanol–water partition coefficient (Wildman–Crippen LogP) is 4.95. The van der Waals surface area contributed by atoms with E-state index in [0.717, 1.165) is 11.3 Å². The zero-order chi connectivity index (χ0) is 19.6. The van der Waals surface area contributed by atoms with Crippen molar-refractivity contribution in [2.75, 3.05) is 11.1 Å². The van der Waals surface area contributed by atoms with Crippen LogP contribution in [0.25, 0.3) is 11.4 Å². The summed E-state index contributed by atoms with van der Waals surface area (Å²) >= 11 is 7.00. The number of carbonyl (C=O) groups excluding carboxylic acids is 1. The van der Waals surface area contributed by atoms with Crippen LogP contribution in [0.15, 0.2) is 40.1 Å². The van der Waals surface area contributed by atoms with Gasteiger partial charge in [-0.15, -0.1) is 10.2 Å². The van der Waals surface area contributed by atoms with Gasteiger partial charge >= 0.3 is 0 Å². The van der Waals surface area contributed by atoms with E-state index in [1.54, 1.807) is 6.26 Å². The Morgan fingerprint density at radius 2 is 2.15 bits per heavy atom. The van der Waals surface area contributed by atoms with Gasteiger partial charge in [0.1, 0.15) is 11.6 Å². The predicted molar refractivity (Wildman–Crippen MR) is 104 cm³/mol. The molecule has 3 aromatic rings. The normalized spacial score (nSPS) is 11.2. The van der Waals surface area contributed by atoms with E-state index in [-0.39, 0.29) is 22.7 Å². The molecule has 0 atom stereocenters. The highest BCUT2D eigenvalue weighted by atomic mass is 35.5. The number of halogens is 2. The van der Waals surface area contributed by atoms with Crippen molar-refractivity contribution >= 4 is 35.0 Å². The second-order valence-corrected chi connectivity index (χ2v) is 7.48. The SMILES string of the molecule is Cc1occc1-c1nnc(SCC(=O)Nc2ccc(F)c(Cl)c2)n1C(C)C. The van der Waals surface area contributed by atoms with E-state index in [0.29, 0.717) is 16.7 Å². The highest BCUT2D eigenvalue weighted by Crippen LogP contribution is 2.30. The fourth-order valence-corrected chi connectivity index (χ4v) is 3.59. The summed E-state index contributed by atoms with van der Waals surface area (Å²) in [4.78, 5) is 12.2. The molecule has 3 rings (SSSR count). The zero-order valence-electron chi connectivity index (χ0n) is 15.0. The molecule has 2 aromatic heterocycles. The molecule has 0 aliphatic rings. The summed E-state index contributed by atoms with van der Waals surface area (Å²) in [5.41, 5.74) is 1.31. The Morgan fingerprint density at radius 3 is 2.78 bits per heavy atom. The van der Waals surface area contributed by atoms with E-state index in [1.165, 1.54) is 30.0 Å². The number of nitrogens with one attached hydrogen (secondary N) is 1. The number of aryl methyl sites for hydroxylation is 1. The van der Waals surface area contributed by atoms with Gasteiger partial charge in [0.2, 0.25) is 5.91 Å². The van der Waals surface area contributed by atoms with Crippen LogP contribution in [0, 0.1) is 12.7 Å². The molecule has 0 aliphatic heterocycles. The van der Waals surface area contributed by atoms with Gasteiger partial charge in [0.25, 0.3) is 0 Å². The van der Waals surface area contributed by atoms with Crippen LogP contribution in [-0.4, -0.2) is 26.4 Å². The first-order valence-electron chi connectivity index (χ1n) is 8.24. The molecule has 1 aromatic carbocycles. The molecular weight excluding hydrogens is 391 g/mol. The molecule has 0 saturated heterocycles. The molecule has 9 heteroatoms. The van der Waals surface area contributed by atoms with Crippen LogP contribution < -0.4 is 5.32 Å². The molecule has 0 spiro atoms. The van der Waals surface area contributed by atoms with Gasteiger partial charge < -0.3 is 9.73 Å². The highest BCUT2D eigenvalue weighted by molar-refractivity contribution is 7.99. The molecule has 142 valence electrons. The van der Waals surface area contributed by atoms with Crippen molar-refractivity contribution in [3.63, 3.8) is 0 Å². The number of thioether (sulfide) groups is 1. The number of nitrogens with zero attached hydrogens (tertiary/aromatic N) is 3. The Kier molecular flexibility index (Phi) is 5.86. The van der Waals surface area contributed by atoms with Crippen LogP contribution in [-0.2, 0) is 4.79 Å². The molecule has 0 bridgehead atoms. The van der Waals surface area contributed by atoms with Crippen molar-refractivity contribution in [2.45, 2.75) is 32.0 Å². The Bertz CT molecular complexity index is 970. The summed E-state index contributed by atoms with van der Waals surface area (Å²) in [6.07, 6.45) is 1.61. The second-order valence-electron chi connectivity index (χ2n) is 6.13. The number of furan rings is 1. The van der Waals surface area contributed by atoms with Crippen LogP contribution in [0.5, 0.6) is 0 Å². The molecule has 0 saturated carbocycles. The molecule has 0 radical (unpaired) electrons. The van der Waals surface area contributed by atoms with Crippen LogP contribution >= 0.6 is 23.4 Å². The second kappa shape index (κ2) is 8.14. The number of carbonyl (C=O) groups is 1. The maximum Gasteiger partial charge on any atom is 0.234 e. The summed E-state index contributed by atoms with van der Waals surface area (Å²) in [7, 11) is 0. The minimum atomic E-state index is -0.531. The zero-order valence-corrected chi connectivity index (χ0v) is 16.6. The van der Waals surface area contributed by atoms with Crippen molar-refractivity contribution in [3.05, 3.63) is 47.1 Å². The minimum Gasteiger partial charge on any atom is -0.469 e. The lowest BCUT2D eigenvalue weighted by molar-refractivity contribution is -0.113. The van der Waals surface area contributed by atoms with Crippen LogP contribution in [0.2, 0.25) is 5.02 Å². The van der Waals surface area contributed by atoms with Crippen molar-refractivity contribution in [2.24, 2.45) is 0 Å². The summed E-state index contributed by atoms with van der Waals surface area (Å²) in [5, 5.41) is 11.8. The summed E-state index contributed by atoms with van der Waals surface area (Å²) < 4.78 is 20.5. The minimum absolute atomic E-state index is 0.0415. The van der Waals surface area contributed by atoms with Gasteiger partial charge in [-0.05, 0) is 45.0 Å². The molecule has 1 N–H and O–H groups in total. The van der Waals surface area contributed by atoms with Gasteiger partial charge in [0.15, 0.2) is 11.0 Å². The number of hydrogen-bond acceptors (Lipinski definition) is 5. The Hall–Kier alpha value is -2.32. The number of anilines is 1. The first-order valence-corrected chi connectivity index (χ1v) is 9.60. The monoisotopic (exact) mass is 408 g/mol. The lowest BCUT2D eigenvalue weighted by Crippen LogP contribution is -2.15. The van der Waals surface area contributed by atoms with E-state index in [2.05, 4.69) is 15.5 Å². The molecule has 0 fully saturated rings. The molecule has 1 amide bonds. The summed E-state index contributed by atoms with van der Waals surface area (Å²) in [6.45, 7) is 5.91. The molecule has 6 nitrogen and oxygen atoms in total. The van der Waals surface area contributed by atoms with Crippen molar-refractivity contribution in [1.29, 1.82) is 0 Å². The number of aromatic nitrogens is 3. The number of benzene rings is 1. The average Bonchev–Trinajstić information content (AvgIpc) is 3.22. The van der Waals surface area contributed by atoms with Gasteiger partial charge in [0, 0.05) is 11.7 Å². The maximum atomic E-state index is 13.2. The van der Waals surface area contributed by atoms with Gasteiger partial charge in [-0.25, -0.2) is 4.39 Å². The quantitative estimate of drug-likeness (QED) is 0.584. The summed E-state index contributed by atoms with van der Waals surface area (Å²) in [5.74, 6) is 0.805. The number of amides is 1. The third kappa shape index (κ3) is 4.33. The van der Waals surface area contributed by atoms with Gasteiger partial charge in [-0.1, -0.05) is 23.4 Å². The molecule has 27 heavy (non-hydrogen) atoms. The largest absolute Gasteiger partial charge is 0.469 e. The first kappa shape index (κ1) is 19.4. The topological polar surface area (TPSA) is 72.9 Å². The standard InChI is InChI=1S/C18H18ClFN4O2S/c1-10(2)24-17(13-6-7-26-11(13)3)22-23-18(24)27-9-16(25)21-12-4-5-15(20)14(19)8-12/h4-8,10H,9H2,1-3H3,(H,21,25). The van der Waals surface area contributed by atoms with Crippen LogP contribution in [0.1, 0.15) is 25.6 Å². The maximum absolute atomic E-state index is 13.2. The Balaban J connectivity index is 1.72. The van der Waals surface area contributed by atoms with E-state index in [4.69, 9.17) is 16.0 Å². The van der Waals surface area contributed by atoms with E-state index >= 15 is 0 Å². The van der Waals surface area contributed by atoms with E-state index < -0.39 is 5.82 Å². The fraction of sp³-hybridized carbons (Fsp3) is 0.278. The molecule has 0 unspecified atom stereocenters. The first-order chi connectivity index (χ1) is 12.9. The smallest absolute Gasteiger partial charge is 0.234 e. The Morgan fingerprint density at radius 1 is 1.37 bits per heavy atom. The lowest BCUT2D eigenvalue weighted by atomic mass is 10.2. The highest BCUT2D eigenvalue weighted by Gasteiger charge is 2.20. The van der Waals surface area contributed by atoms with E-state index in [1.807, 2.05) is 31.4 Å². The van der Waals surface area contributed by atoms with Crippen LogP contribution in [0.3, 0.4) is 0 Å². The number of rotatable bonds is 6. The molecule has 0 aliphatic carbocycles. The average molecular weight is 409 g/mol. The van der Waals surface area contributed by atoms with E-state index in [9.17, 15) is 9.18 Å². The molecular formula is C18H18ClFN4O2S. The molecule has 2 heterocycles. The third-order valence-corrected chi connectivity index (χ3v) is 5.05. The lowest BCUT2D eigenvalue weighted by Gasteiger charge is -2.13. The third-order valence-electron chi connectivity index (χ3n) is 3.82. The fourth-order valence-electron chi connectivity index (χ4n) is 2.54. The number of hydrogen-bond donors (Lipinski definition) is 1. The van der Waals surface area contributed by atoms with Crippen LogP contribution in [0.4, 0.5) is 10.1 Å².